The number of carbonyl (C=O) groups is 2. The molecule has 2 fully saturated rings. The van der Waals surface area contributed by atoms with Crippen LogP contribution in [0.1, 0.15) is 19.3 Å². The number of urea groups is 1. The van der Waals surface area contributed by atoms with Gasteiger partial charge < -0.3 is 20.2 Å². The number of likely N-dealkylation sites (tertiary alicyclic amines) is 1. The quantitative estimate of drug-likeness (QED) is 0.757. The van der Waals surface area contributed by atoms with Gasteiger partial charge in [-0.3, -0.25) is 9.69 Å². The first-order valence-corrected chi connectivity index (χ1v) is 7.73. The molecule has 7 heteroatoms. The molecule has 0 radical (unpaired) electrons. The minimum absolute atomic E-state index is 0.0241. The highest BCUT2D eigenvalue weighted by Gasteiger charge is 2.24. The van der Waals surface area contributed by atoms with Crippen molar-refractivity contribution in [1.82, 2.24) is 20.0 Å². The zero-order valence-electron chi connectivity index (χ0n) is 12.8. The Morgan fingerprint density at radius 3 is 2.48 bits per heavy atom. The second-order valence-electron chi connectivity index (χ2n) is 5.97. The van der Waals surface area contributed by atoms with Crippen molar-refractivity contribution in [1.29, 1.82) is 0 Å². The van der Waals surface area contributed by atoms with Crippen molar-refractivity contribution in [3.8, 4) is 0 Å². The fourth-order valence-corrected chi connectivity index (χ4v) is 3.02. The normalized spacial score (nSPS) is 24.8. The summed E-state index contributed by atoms with van der Waals surface area (Å²) >= 11 is 0. The zero-order chi connectivity index (χ0) is 15.2. The number of hydrogen-bond donors (Lipinski definition) is 2. The summed E-state index contributed by atoms with van der Waals surface area (Å²) in [5.41, 5.74) is 0. The molecular formula is C14H26N4O3. The van der Waals surface area contributed by atoms with Gasteiger partial charge in [-0.25, -0.2) is 4.79 Å². The number of rotatable bonds is 4. The van der Waals surface area contributed by atoms with E-state index in [0.29, 0.717) is 38.8 Å². The molecule has 2 N–H and O–H groups in total. The van der Waals surface area contributed by atoms with E-state index in [9.17, 15) is 9.59 Å². The molecule has 7 nitrogen and oxygen atoms in total. The molecule has 0 aromatic rings. The number of carboxylic acids is 1. The summed E-state index contributed by atoms with van der Waals surface area (Å²) in [7, 11) is 2.11. The number of piperazine rings is 1. The van der Waals surface area contributed by atoms with E-state index >= 15 is 0 Å². The van der Waals surface area contributed by atoms with Crippen LogP contribution in [0.4, 0.5) is 4.79 Å². The Bertz CT molecular complexity index is 369. The monoisotopic (exact) mass is 298 g/mol. The molecule has 0 aromatic carbocycles. The first-order chi connectivity index (χ1) is 10.1. The van der Waals surface area contributed by atoms with E-state index in [1.54, 1.807) is 4.90 Å². The van der Waals surface area contributed by atoms with E-state index in [0.717, 1.165) is 13.0 Å². The van der Waals surface area contributed by atoms with Crippen LogP contribution in [0.15, 0.2) is 0 Å². The zero-order valence-corrected chi connectivity index (χ0v) is 12.8. The summed E-state index contributed by atoms with van der Waals surface area (Å²) in [5.74, 6) is -0.812. The van der Waals surface area contributed by atoms with Gasteiger partial charge in [0, 0.05) is 38.8 Å². The topological polar surface area (TPSA) is 76.1 Å². The van der Waals surface area contributed by atoms with Gasteiger partial charge in [-0.2, -0.15) is 0 Å². The van der Waals surface area contributed by atoms with Crippen LogP contribution in [0.2, 0.25) is 0 Å². The molecule has 2 saturated heterocycles. The summed E-state index contributed by atoms with van der Waals surface area (Å²) in [6.45, 7) is 4.31. The second-order valence-corrected chi connectivity index (χ2v) is 5.97. The molecule has 1 atom stereocenters. The molecule has 1 unspecified atom stereocenters. The third-order valence-corrected chi connectivity index (χ3v) is 4.43. The van der Waals surface area contributed by atoms with Crippen molar-refractivity contribution < 1.29 is 14.7 Å². The van der Waals surface area contributed by atoms with Crippen molar-refractivity contribution in [2.45, 2.75) is 25.3 Å². The molecule has 120 valence electrons. The van der Waals surface area contributed by atoms with E-state index in [1.165, 1.54) is 12.8 Å². The molecule has 2 amide bonds. The fraction of sp³-hybridized carbons (Fsp3) is 0.857. The largest absolute Gasteiger partial charge is 0.480 e. The molecule has 0 saturated carbocycles. The van der Waals surface area contributed by atoms with Crippen LogP contribution < -0.4 is 5.32 Å². The predicted octanol–water partition coefficient (Wildman–Crippen LogP) is -0.117. The number of carboxylic acid groups (broad SMARTS) is 1. The predicted molar refractivity (Wildman–Crippen MR) is 79.3 cm³/mol. The first-order valence-electron chi connectivity index (χ1n) is 7.73. The van der Waals surface area contributed by atoms with Crippen LogP contribution >= 0.6 is 0 Å². The van der Waals surface area contributed by atoms with Gasteiger partial charge in [0.1, 0.15) is 0 Å². The Morgan fingerprint density at radius 1 is 1.14 bits per heavy atom. The average molecular weight is 298 g/mol. The van der Waals surface area contributed by atoms with Gasteiger partial charge in [0.15, 0.2) is 0 Å². The maximum absolute atomic E-state index is 12.1. The summed E-state index contributed by atoms with van der Waals surface area (Å²) in [6.07, 6.45) is 3.62. The standard InChI is InChI=1S/C14H26N4O3/c1-16-5-3-2-4-12(16)10-15-14(21)18-8-6-17(7-9-18)11-13(19)20/h12H,2-11H2,1H3,(H,15,21)(H,19,20). The first kappa shape index (κ1) is 16.0. The molecule has 2 heterocycles. The fourth-order valence-electron chi connectivity index (χ4n) is 3.02. The van der Waals surface area contributed by atoms with Crippen LogP contribution in [0, 0.1) is 0 Å². The van der Waals surface area contributed by atoms with Crippen molar-refractivity contribution >= 4 is 12.0 Å². The molecule has 0 aliphatic carbocycles. The smallest absolute Gasteiger partial charge is 0.317 e. The lowest BCUT2D eigenvalue weighted by Gasteiger charge is -2.36. The Kier molecular flexibility index (Phi) is 5.81. The van der Waals surface area contributed by atoms with Gasteiger partial charge in [-0.1, -0.05) is 6.42 Å². The van der Waals surface area contributed by atoms with E-state index in [-0.39, 0.29) is 12.6 Å². The second kappa shape index (κ2) is 7.61. The van der Waals surface area contributed by atoms with E-state index in [2.05, 4.69) is 17.3 Å². The van der Waals surface area contributed by atoms with E-state index in [1.807, 2.05) is 4.90 Å². The average Bonchev–Trinajstić information content (AvgIpc) is 2.46. The highest BCUT2D eigenvalue weighted by molar-refractivity contribution is 5.74. The van der Waals surface area contributed by atoms with Crippen LogP contribution in [0.3, 0.4) is 0 Å². The van der Waals surface area contributed by atoms with Crippen molar-refractivity contribution in [2.75, 3.05) is 52.9 Å². The lowest BCUT2D eigenvalue weighted by Crippen LogP contribution is -2.54. The van der Waals surface area contributed by atoms with Gasteiger partial charge in [0.2, 0.25) is 0 Å². The number of likely N-dealkylation sites (N-methyl/N-ethyl adjacent to an activating group) is 1. The van der Waals surface area contributed by atoms with E-state index in [4.69, 9.17) is 5.11 Å². The Balaban J connectivity index is 1.68. The third kappa shape index (κ3) is 4.86. The van der Waals surface area contributed by atoms with Crippen molar-refractivity contribution in [3.63, 3.8) is 0 Å². The van der Waals surface area contributed by atoms with Crippen LogP contribution in [0.25, 0.3) is 0 Å². The summed E-state index contributed by atoms with van der Waals surface area (Å²) in [4.78, 5) is 28.7. The van der Waals surface area contributed by atoms with Crippen LogP contribution in [-0.2, 0) is 4.79 Å². The number of nitrogens with zero attached hydrogens (tertiary/aromatic N) is 3. The molecule has 2 rings (SSSR count). The van der Waals surface area contributed by atoms with Gasteiger partial charge in [0.25, 0.3) is 0 Å². The molecule has 2 aliphatic rings. The number of hydrogen-bond acceptors (Lipinski definition) is 4. The Hall–Kier alpha value is -1.34. The van der Waals surface area contributed by atoms with Gasteiger partial charge in [-0.15, -0.1) is 0 Å². The number of nitrogens with one attached hydrogen (secondary N) is 1. The summed E-state index contributed by atoms with van der Waals surface area (Å²) in [5, 5.41) is 11.8. The minimum atomic E-state index is -0.812. The molecule has 0 bridgehead atoms. The van der Waals surface area contributed by atoms with Crippen molar-refractivity contribution in [2.24, 2.45) is 0 Å². The van der Waals surface area contributed by atoms with Crippen molar-refractivity contribution in [3.05, 3.63) is 0 Å². The molecule has 2 aliphatic heterocycles. The Morgan fingerprint density at radius 2 is 1.86 bits per heavy atom. The lowest BCUT2D eigenvalue weighted by molar-refractivity contribution is -0.138. The van der Waals surface area contributed by atoms with Gasteiger partial charge >= 0.3 is 12.0 Å². The van der Waals surface area contributed by atoms with Gasteiger partial charge in [0.05, 0.1) is 6.54 Å². The Labute approximate surface area is 125 Å². The van der Waals surface area contributed by atoms with E-state index < -0.39 is 5.97 Å². The molecular weight excluding hydrogens is 272 g/mol. The maximum Gasteiger partial charge on any atom is 0.317 e. The highest BCUT2D eigenvalue weighted by atomic mass is 16.4. The number of carbonyl (C=O) groups excluding carboxylic acids is 1. The highest BCUT2D eigenvalue weighted by Crippen LogP contribution is 2.14. The van der Waals surface area contributed by atoms with Crippen LogP contribution in [0.5, 0.6) is 0 Å². The minimum Gasteiger partial charge on any atom is -0.480 e. The molecule has 0 aromatic heterocycles. The SMILES string of the molecule is CN1CCCCC1CNC(=O)N1CCN(CC(=O)O)CC1. The number of amides is 2. The lowest BCUT2D eigenvalue weighted by atomic mass is 10.0. The summed E-state index contributed by atoms with van der Waals surface area (Å²) < 4.78 is 0. The van der Waals surface area contributed by atoms with Crippen LogP contribution in [-0.4, -0.2) is 90.7 Å². The molecule has 21 heavy (non-hydrogen) atoms. The summed E-state index contributed by atoms with van der Waals surface area (Å²) in [6, 6.07) is 0.417. The number of piperidine rings is 1. The third-order valence-electron chi connectivity index (χ3n) is 4.43. The maximum atomic E-state index is 12.1. The number of aliphatic carboxylic acids is 1. The molecule has 0 spiro atoms. The van der Waals surface area contributed by atoms with Gasteiger partial charge in [-0.05, 0) is 26.4 Å².